The number of rotatable bonds is 5. The highest BCUT2D eigenvalue weighted by molar-refractivity contribution is 6.33. The number of carbonyl (C=O) groups excluding carboxylic acids is 1. The summed E-state index contributed by atoms with van der Waals surface area (Å²) in [5.41, 5.74) is 0.0358. The molecule has 0 saturated carbocycles. The summed E-state index contributed by atoms with van der Waals surface area (Å²) in [6.45, 7) is 5.97. The lowest BCUT2D eigenvalue weighted by atomic mass is 9.99. The highest BCUT2D eigenvalue weighted by Crippen LogP contribution is 2.33. The van der Waals surface area contributed by atoms with Gasteiger partial charge in [0.1, 0.15) is 11.6 Å². The molecule has 0 radical (unpaired) electrons. The molecule has 1 saturated heterocycles. The normalized spacial score (nSPS) is 17.4. The van der Waals surface area contributed by atoms with Crippen LogP contribution in [0.15, 0.2) is 35.3 Å². The van der Waals surface area contributed by atoms with Crippen LogP contribution in [0.3, 0.4) is 0 Å². The summed E-state index contributed by atoms with van der Waals surface area (Å²) in [4.78, 5) is 26.2. The number of aromatic nitrogens is 1. The van der Waals surface area contributed by atoms with E-state index in [9.17, 15) is 14.9 Å². The third kappa shape index (κ3) is 5.92. The number of pyridine rings is 1. The van der Waals surface area contributed by atoms with Crippen molar-refractivity contribution < 1.29 is 14.3 Å². The molecule has 0 N–H and O–H groups in total. The standard InChI is InChI=1S/C24H26Cl2N2O4/c1-24(2,3)32-23(30)21(11-17-6-4-5-9-31-17)28-14-20(26)19(12-22(28)29)18-10-16(25)8-7-15(18)13-27/h7-8,10,12,14,17,21H,4-6,9,11H2,1-3H3/t17-,21?/m0/s1. The van der Waals surface area contributed by atoms with Gasteiger partial charge in [-0.25, -0.2) is 4.79 Å². The van der Waals surface area contributed by atoms with E-state index in [1.807, 2.05) is 0 Å². The van der Waals surface area contributed by atoms with Crippen LogP contribution >= 0.6 is 23.2 Å². The van der Waals surface area contributed by atoms with E-state index in [4.69, 9.17) is 32.7 Å². The fourth-order valence-corrected chi connectivity index (χ4v) is 4.18. The van der Waals surface area contributed by atoms with Crippen LogP contribution in [0.2, 0.25) is 10.0 Å². The van der Waals surface area contributed by atoms with Gasteiger partial charge in [0.2, 0.25) is 0 Å². The number of benzene rings is 1. The molecule has 3 rings (SSSR count). The highest BCUT2D eigenvalue weighted by Gasteiger charge is 2.31. The number of nitriles is 1. The number of hydrogen-bond donors (Lipinski definition) is 0. The van der Waals surface area contributed by atoms with Crippen LogP contribution in [0, 0.1) is 11.3 Å². The van der Waals surface area contributed by atoms with E-state index in [-0.39, 0.29) is 11.1 Å². The maximum Gasteiger partial charge on any atom is 0.329 e. The Bertz CT molecular complexity index is 1090. The number of carbonyl (C=O) groups is 1. The lowest BCUT2D eigenvalue weighted by Gasteiger charge is -2.29. The van der Waals surface area contributed by atoms with Crippen LogP contribution < -0.4 is 5.56 Å². The van der Waals surface area contributed by atoms with Crippen molar-refractivity contribution in [2.75, 3.05) is 6.61 Å². The summed E-state index contributed by atoms with van der Waals surface area (Å²) in [5.74, 6) is -0.516. The van der Waals surface area contributed by atoms with Gasteiger partial charge in [-0.15, -0.1) is 0 Å². The maximum absolute atomic E-state index is 13.1. The molecule has 1 fully saturated rings. The van der Waals surface area contributed by atoms with E-state index in [1.165, 1.54) is 16.8 Å². The first-order valence-corrected chi connectivity index (χ1v) is 11.3. The molecule has 0 aliphatic carbocycles. The first-order chi connectivity index (χ1) is 15.1. The summed E-state index contributed by atoms with van der Waals surface area (Å²) in [6.07, 6.45) is 4.39. The minimum Gasteiger partial charge on any atom is -0.458 e. The Morgan fingerprint density at radius 1 is 1.28 bits per heavy atom. The van der Waals surface area contributed by atoms with Crippen molar-refractivity contribution in [3.8, 4) is 17.2 Å². The van der Waals surface area contributed by atoms with Crippen molar-refractivity contribution in [3.05, 3.63) is 56.4 Å². The molecule has 32 heavy (non-hydrogen) atoms. The minimum absolute atomic E-state index is 0.148. The molecule has 0 spiro atoms. The molecule has 2 atom stereocenters. The highest BCUT2D eigenvalue weighted by atomic mass is 35.5. The number of nitrogens with zero attached hydrogens (tertiary/aromatic N) is 2. The monoisotopic (exact) mass is 476 g/mol. The van der Waals surface area contributed by atoms with Gasteiger partial charge in [-0.2, -0.15) is 5.26 Å². The Morgan fingerprint density at radius 3 is 2.66 bits per heavy atom. The molecule has 1 aromatic carbocycles. The van der Waals surface area contributed by atoms with Crippen molar-refractivity contribution in [1.82, 2.24) is 4.57 Å². The second-order valence-corrected chi connectivity index (χ2v) is 9.70. The predicted octanol–water partition coefficient (Wildman–Crippen LogP) is 5.54. The average molecular weight is 477 g/mol. The molecule has 6 nitrogen and oxygen atoms in total. The summed E-state index contributed by atoms with van der Waals surface area (Å²) in [6, 6.07) is 7.29. The third-order valence-electron chi connectivity index (χ3n) is 5.20. The Hall–Kier alpha value is -2.33. The Balaban J connectivity index is 2.04. The van der Waals surface area contributed by atoms with Crippen LogP contribution in [-0.4, -0.2) is 28.8 Å². The fourth-order valence-electron chi connectivity index (χ4n) is 3.74. The van der Waals surface area contributed by atoms with E-state index in [1.54, 1.807) is 39.0 Å². The summed E-state index contributed by atoms with van der Waals surface area (Å²) < 4.78 is 12.7. The van der Waals surface area contributed by atoms with Crippen LogP contribution in [-0.2, 0) is 14.3 Å². The zero-order valence-electron chi connectivity index (χ0n) is 18.4. The molecular formula is C24H26Cl2N2O4. The van der Waals surface area contributed by atoms with Crippen LogP contribution in [0.25, 0.3) is 11.1 Å². The summed E-state index contributed by atoms with van der Waals surface area (Å²) >= 11 is 12.6. The van der Waals surface area contributed by atoms with Gasteiger partial charge in [0, 0.05) is 41.4 Å². The van der Waals surface area contributed by atoms with E-state index in [0.29, 0.717) is 34.7 Å². The SMILES string of the molecule is CC(C)(C)OC(=O)C(C[C@@H]1CCCCO1)n1cc(Cl)c(-c2cc(Cl)ccc2C#N)cc1=O. The van der Waals surface area contributed by atoms with Crippen molar-refractivity contribution in [3.63, 3.8) is 0 Å². The van der Waals surface area contributed by atoms with Gasteiger partial charge in [0.05, 0.1) is 22.8 Å². The van der Waals surface area contributed by atoms with Gasteiger partial charge in [-0.3, -0.25) is 9.36 Å². The maximum atomic E-state index is 13.1. The van der Waals surface area contributed by atoms with Crippen molar-refractivity contribution in [2.24, 2.45) is 0 Å². The molecule has 0 amide bonds. The first kappa shape index (κ1) is 24.3. The quantitative estimate of drug-likeness (QED) is 0.529. The summed E-state index contributed by atoms with van der Waals surface area (Å²) in [7, 11) is 0. The molecule has 0 bridgehead atoms. The first-order valence-electron chi connectivity index (χ1n) is 10.5. The van der Waals surface area contributed by atoms with Crippen molar-refractivity contribution in [1.29, 1.82) is 5.26 Å². The zero-order chi connectivity index (χ0) is 23.5. The Kier molecular flexibility index (Phi) is 7.66. The number of hydrogen-bond acceptors (Lipinski definition) is 5. The Labute approximate surface area is 197 Å². The fraction of sp³-hybridized carbons (Fsp3) is 0.458. The largest absolute Gasteiger partial charge is 0.458 e. The second kappa shape index (κ2) is 10.1. The lowest BCUT2D eigenvalue weighted by molar-refractivity contribution is -0.160. The Morgan fingerprint density at radius 2 is 2.03 bits per heavy atom. The van der Waals surface area contributed by atoms with Crippen molar-refractivity contribution >= 4 is 29.2 Å². The van der Waals surface area contributed by atoms with E-state index in [2.05, 4.69) is 6.07 Å². The topological polar surface area (TPSA) is 81.3 Å². The molecule has 170 valence electrons. The molecule has 1 aliphatic rings. The minimum atomic E-state index is -0.883. The molecule has 1 aromatic heterocycles. The smallest absolute Gasteiger partial charge is 0.329 e. The molecular weight excluding hydrogens is 451 g/mol. The van der Waals surface area contributed by atoms with Crippen molar-refractivity contribution in [2.45, 2.75) is 64.2 Å². The number of esters is 1. The van der Waals surface area contributed by atoms with Gasteiger partial charge in [-0.05, 0) is 58.2 Å². The second-order valence-electron chi connectivity index (χ2n) is 8.86. The van der Waals surface area contributed by atoms with Crippen LogP contribution in [0.4, 0.5) is 0 Å². The number of halogens is 2. The van der Waals surface area contributed by atoms with E-state index >= 15 is 0 Å². The van der Waals surface area contributed by atoms with Gasteiger partial charge in [0.25, 0.3) is 5.56 Å². The predicted molar refractivity (Wildman–Crippen MR) is 124 cm³/mol. The lowest BCUT2D eigenvalue weighted by Crippen LogP contribution is -2.37. The summed E-state index contributed by atoms with van der Waals surface area (Å²) in [5, 5.41) is 10.1. The van der Waals surface area contributed by atoms with Gasteiger partial charge in [0.15, 0.2) is 0 Å². The van der Waals surface area contributed by atoms with Gasteiger partial charge in [-0.1, -0.05) is 23.2 Å². The molecule has 2 heterocycles. The molecule has 1 aliphatic heterocycles. The zero-order valence-corrected chi connectivity index (χ0v) is 19.9. The average Bonchev–Trinajstić information content (AvgIpc) is 2.73. The number of ether oxygens (including phenoxy) is 2. The van der Waals surface area contributed by atoms with Gasteiger partial charge < -0.3 is 9.47 Å². The van der Waals surface area contributed by atoms with Gasteiger partial charge >= 0.3 is 5.97 Å². The molecule has 8 heteroatoms. The third-order valence-corrected chi connectivity index (χ3v) is 5.74. The van der Waals surface area contributed by atoms with E-state index in [0.717, 1.165) is 19.3 Å². The van der Waals surface area contributed by atoms with Crippen LogP contribution in [0.1, 0.15) is 58.1 Å². The molecule has 2 aromatic rings. The van der Waals surface area contributed by atoms with Crippen LogP contribution in [0.5, 0.6) is 0 Å². The molecule has 1 unspecified atom stereocenters. The van der Waals surface area contributed by atoms with E-state index < -0.39 is 23.2 Å².